The highest BCUT2D eigenvalue weighted by atomic mass is 19.1. The predicted octanol–water partition coefficient (Wildman–Crippen LogP) is 4.07. The number of carbonyl (C=O) groups excluding carboxylic acids is 1. The Labute approximate surface area is 161 Å². The molecular weight excluding hydrogens is 357 g/mol. The number of aryl methyl sites for hydroxylation is 1. The molecule has 0 atom stereocenters. The van der Waals surface area contributed by atoms with Gasteiger partial charge in [0.15, 0.2) is 5.82 Å². The molecule has 2 aromatic heterocycles. The summed E-state index contributed by atoms with van der Waals surface area (Å²) in [6, 6.07) is 15.8. The average molecular weight is 375 g/mol. The van der Waals surface area contributed by atoms with E-state index in [0.717, 1.165) is 11.4 Å². The summed E-state index contributed by atoms with van der Waals surface area (Å²) in [5, 5.41) is 11.3. The van der Waals surface area contributed by atoms with Crippen molar-refractivity contribution in [3.05, 3.63) is 89.8 Å². The molecule has 0 bridgehead atoms. The number of aromatic nitrogens is 4. The second kappa shape index (κ2) is 7.11. The molecule has 0 aliphatic rings. The molecule has 0 aliphatic heterocycles. The van der Waals surface area contributed by atoms with Crippen LogP contribution in [0.2, 0.25) is 0 Å². The van der Waals surface area contributed by atoms with E-state index < -0.39 is 5.82 Å². The minimum atomic E-state index is -0.477. The van der Waals surface area contributed by atoms with Crippen molar-refractivity contribution in [1.29, 1.82) is 0 Å². The molecule has 6 nitrogen and oxygen atoms in total. The van der Waals surface area contributed by atoms with Gasteiger partial charge in [0.25, 0.3) is 5.91 Å². The first-order valence-corrected chi connectivity index (χ1v) is 8.77. The zero-order valence-corrected chi connectivity index (χ0v) is 15.4. The Hall–Kier alpha value is -3.74. The van der Waals surface area contributed by atoms with Crippen molar-refractivity contribution >= 4 is 11.6 Å². The number of para-hydroxylation sites is 1. The summed E-state index contributed by atoms with van der Waals surface area (Å²) >= 11 is 0. The SMILES string of the molecule is Cc1nn(-c2ccccc2)c(C)c1C(=O)Nc1ccc(-n2cccn2)c(F)c1. The van der Waals surface area contributed by atoms with E-state index in [9.17, 15) is 9.18 Å². The number of hydrogen-bond acceptors (Lipinski definition) is 3. The van der Waals surface area contributed by atoms with Gasteiger partial charge in [-0.3, -0.25) is 4.79 Å². The standard InChI is InChI=1S/C21H18FN5O/c1-14-20(15(2)27(25-14)17-7-4-3-5-8-17)21(28)24-16-9-10-19(18(22)13-16)26-12-6-11-23-26/h3-13H,1-2H3,(H,24,28). The Morgan fingerprint density at radius 1 is 1.07 bits per heavy atom. The molecular formula is C21H18FN5O. The summed E-state index contributed by atoms with van der Waals surface area (Å²) in [4.78, 5) is 12.8. The van der Waals surface area contributed by atoms with Gasteiger partial charge < -0.3 is 5.32 Å². The zero-order valence-electron chi connectivity index (χ0n) is 15.4. The van der Waals surface area contributed by atoms with E-state index in [1.54, 1.807) is 42.2 Å². The van der Waals surface area contributed by atoms with Crippen molar-refractivity contribution in [3.8, 4) is 11.4 Å². The summed E-state index contributed by atoms with van der Waals surface area (Å²) in [7, 11) is 0. The van der Waals surface area contributed by atoms with E-state index >= 15 is 0 Å². The fraction of sp³-hybridized carbons (Fsp3) is 0.0952. The molecule has 0 fully saturated rings. The van der Waals surface area contributed by atoms with Crippen LogP contribution in [0.3, 0.4) is 0 Å². The normalized spacial score (nSPS) is 10.8. The number of amides is 1. The number of benzene rings is 2. The fourth-order valence-electron chi connectivity index (χ4n) is 3.17. The van der Waals surface area contributed by atoms with Gasteiger partial charge in [-0.05, 0) is 50.2 Å². The molecule has 140 valence electrons. The number of anilines is 1. The highest BCUT2D eigenvalue weighted by Crippen LogP contribution is 2.21. The van der Waals surface area contributed by atoms with Crippen LogP contribution in [-0.2, 0) is 0 Å². The molecule has 4 aromatic rings. The first-order valence-electron chi connectivity index (χ1n) is 8.77. The van der Waals surface area contributed by atoms with Gasteiger partial charge in [0, 0.05) is 18.1 Å². The molecule has 2 heterocycles. The summed E-state index contributed by atoms with van der Waals surface area (Å²) in [6.45, 7) is 3.62. The van der Waals surface area contributed by atoms with Gasteiger partial charge in [-0.2, -0.15) is 10.2 Å². The summed E-state index contributed by atoms with van der Waals surface area (Å²) < 4.78 is 17.6. The third-order valence-electron chi connectivity index (χ3n) is 4.48. The van der Waals surface area contributed by atoms with Crippen molar-refractivity contribution in [2.45, 2.75) is 13.8 Å². The van der Waals surface area contributed by atoms with Gasteiger partial charge >= 0.3 is 0 Å². The van der Waals surface area contributed by atoms with Crippen LogP contribution >= 0.6 is 0 Å². The number of carbonyl (C=O) groups is 1. The molecule has 0 aliphatic carbocycles. The quantitative estimate of drug-likeness (QED) is 0.585. The molecule has 4 rings (SSSR count). The highest BCUT2D eigenvalue weighted by Gasteiger charge is 2.20. The molecule has 28 heavy (non-hydrogen) atoms. The average Bonchev–Trinajstić information content (AvgIpc) is 3.30. The van der Waals surface area contributed by atoms with Crippen LogP contribution in [0.4, 0.5) is 10.1 Å². The van der Waals surface area contributed by atoms with Crippen molar-refractivity contribution in [2.75, 3.05) is 5.32 Å². The van der Waals surface area contributed by atoms with Crippen molar-refractivity contribution < 1.29 is 9.18 Å². The van der Waals surface area contributed by atoms with Crippen LogP contribution in [0.15, 0.2) is 67.0 Å². The van der Waals surface area contributed by atoms with Crippen LogP contribution in [0.5, 0.6) is 0 Å². The van der Waals surface area contributed by atoms with E-state index in [4.69, 9.17) is 0 Å². The molecule has 0 spiro atoms. The molecule has 0 saturated carbocycles. The van der Waals surface area contributed by atoms with E-state index in [1.807, 2.05) is 37.3 Å². The first-order chi connectivity index (χ1) is 13.5. The lowest BCUT2D eigenvalue weighted by Gasteiger charge is -2.09. The van der Waals surface area contributed by atoms with Gasteiger partial charge in [-0.1, -0.05) is 18.2 Å². The maximum atomic E-state index is 14.4. The van der Waals surface area contributed by atoms with Gasteiger partial charge in [-0.25, -0.2) is 13.8 Å². The summed E-state index contributed by atoms with van der Waals surface area (Å²) in [5.74, 6) is -0.807. The molecule has 1 amide bonds. The predicted molar refractivity (Wildman–Crippen MR) is 105 cm³/mol. The van der Waals surface area contributed by atoms with Gasteiger partial charge in [-0.15, -0.1) is 0 Å². The smallest absolute Gasteiger partial charge is 0.259 e. The maximum absolute atomic E-state index is 14.4. The van der Waals surface area contributed by atoms with Crippen molar-refractivity contribution in [2.24, 2.45) is 0 Å². The lowest BCUT2D eigenvalue weighted by Crippen LogP contribution is -2.14. The van der Waals surface area contributed by atoms with Crippen LogP contribution in [0.1, 0.15) is 21.7 Å². The van der Waals surface area contributed by atoms with E-state index in [-0.39, 0.29) is 5.91 Å². The summed E-state index contributed by atoms with van der Waals surface area (Å²) in [5.41, 5.74) is 3.34. The maximum Gasteiger partial charge on any atom is 0.259 e. The van der Waals surface area contributed by atoms with Crippen LogP contribution in [-0.4, -0.2) is 25.5 Å². The monoisotopic (exact) mass is 375 g/mol. The van der Waals surface area contributed by atoms with Gasteiger partial charge in [0.2, 0.25) is 0 Å². The molecule has 7 heteroatoms. The largest absolute Gasteiger partial charge is 0.322 e. The second-order valence-corrected chi connectivity index (χ2v) is 6.36. The Kier molecular flexibility index (Phi) is 4.49. The Morgan fingerprint density at radius 2 is 1.86 bits per heavy atom. The lowest BCUT2D eigenvalue weighted by atomic mass is 10.1. The van der Waals surface area contributed by atoms with E-state index in [1.165, 1.54) is 10.7 Å². The molecule has 0 radical (unpaired) electrons. The first kappa shape index (κ1) is 17.7. The molecule has 0 saturated heterocycles. The van der Waals surface area contributed by atoms with E-state index in [0.29, 0.717) is 22.6 Å². The topological polar surface area (TPSA) is 64.7 Å². The molecule has 2 aromatic carbocycles. The third-order valence-corrected chi connectivity index (χ3v) is 4.48. The highest BCUT2D eigenvalue weighted by molar-refractivity contribution is 6.06. The minimum Gasteiger partial charge on any atom is -0.322 e. The number of nitrogens with zero attached hydrogens (tertiary/aromatic N) is 4. The number of rotatable bonds is 4. The number of halogens is 1. The Bertz CT molecular complexity index is 1130. The number of nitrogens with one attached hydrogen (secondary N) is 1. The fourth-order valence-corrected chi connectivity index (χ4v) is 3.17. The zero-order chi connectivity index (χ0) is 19.7. The van der Waals surface area contributed by atoms with Gasteiger partial charge in [0.05, 0.1) is 22.6 Å². The van der Waals surface area contributed by atoms with Crippen LogP contribution < -0.4 is 5.32 Å². The van der Waals surface area contributed by atoms with Crippen LogP contribution in [0.25, 0.3) is 11.4 Å². The third kappa shape index (κ3) is 3.18. The Balaban J connectivity index is 1.61. The van der Waals surface area contributed by atoms with Crippen molar-refractivity contribution in [3.63, 3.8) is 0 Å². The summed E-state index contributed by atoms with van der Waals surface area (Å²) in [6.07, 6.45) is 3.23. The Morgan fingerprint density at radius 3 is 2.54 bits per heavy atom. The minimum absolute atomic E-state index is 0.312. The molecule has 1 N–H and O–H groups in total. The second-order valence-electron chi connectivity index (χ2n) is 6.36. The van der Waals surface area contributed by atoms with Crippen molar-refractivity contribution in [1.82, 2.24) is 19.6 Å². The lowest BCUT2D eigenvalue weighted by molar-refractivity contribution is 0.102. The van der Waals surface area contributed by atoms with Crippen LogP contribution in [0, 0.1) is 19.7 Å². The molecule has 0 unspecified atom stereocenters. The number of hydrogen-bond donors (Lipinski definition) is 1. The van der Waals surface area contributed by atoms with E-state index in [2.05, 4.69) is 15.5 Å². The van der Waals surface area contributed by atoms with Gasteiger partial charge in [0.1, 0.15) is 5.69 Å².